The van der Waals surface area contributed by atoms with Gasteiger partial charge in [0.15, 0.2) is 0 Å². The van der Waals surface area contributed by atoms with Crippen molar-refractivity contribution in [3.8, 4) is 0 Å². The Kier molecular flexibility index (Phi) is 6.32. The number of benzene rings is 1. The first-order chi connectivity index (χ1) is 9.06. The maximum Gasteiger partial charge on any atom is 0.319 e. The molecule has 1 aromatic rings. The van der Waals surface area contributed by atoms with Crippen LogP contribution in [0.2, 0.25) is 5.02 Å². The molecule has 1 N–H and O–H groups in total. The number of likely N-dealkylation sites (N-methyl/N-ethyl adjacent to an activating group) is 1. The van der Waals surface area contributed by atoms with Crippen LogP contribution in [-0.4, -0.2) is 43.5 Å². The van der Waals surface area contributed by atoms with E-state index in [1.54, 1.807) is 29.2 Å². The summed E-state index contributed by atoms with van der Waals surface area (Å²) in [5, 5.41) is 3.18. The second kappa shape index (κ2) is 7.76. The van der Waals surface area contributed by atoms with E-state index in [2.05, 4.69) is 10.1 Å². The molecule has 0 bridgehead atoms. The highest BCUT2D eigenvalue weighted by Crippen LogP contribution is 2.20. The van der Waals surface area contributed by atoms with Gasteiger partial charge in [0, 0.05) is 0 Å². The fourth-order valence-corrected chi connectivity index (χ4v) is 1.67. The second-order valence-electron chi connectivity index (χ2n) is 3.91. The fraction of sp³-hybridized carbons (Fsp3) is 0.385. The summed E-state index contributed by atoms with van der Waals surface area (Å²) in [6.45, 7) is 2.64. The molecule has 0 unspecified atom stereocenters. The summed E-state index contributed by atoms with van der Waals surface area (Å²) in [6.07, 6.45) is 0. The van der Waals surface area contributed by atoms with E-state index in [4.69, 9.17) is 11.6 Å². The van der Waals surface area contributed by atoms with Crippen molar-refractivity contribution in [3.05, 3.63) is 29.3 Å². The maximum atomic E-state index is 11.8. The number of methoxy groups -OCH3 is 1. The molecule has 0 aromatic heterocycles. The molecule has 0 aliphatic carbocycles. The molecule has 0 aliphatic heterocycles. The Balaban J connectivity index is 2.54. The molecule has 1 rings (SSSR count). The van der Waals surface area contributed by atoms with Crippen LogP contribution in [0.15, 0.2) is 24.3 Å². The van der Waals surface area contributed by atoms with Gasteiger partial charge in [-0.2, -0.15) is 0 Å². The van der Waals surface area contributed by atoms with Gasteiger partial charge >= 0.3 is 5.97 Å². The molecule has 19 heavy (non-hydrogen) atoms. The minimum atomic E-state index is -0.368. The SMILES string of the molecule is CCN(CC(=O)Nc1ccccc1Cl)CC(=O)OC. The molecule has 0 heterocycles. The van der Waals surface area contributed by atoms with Gasteiger partial charge in [-0.25, -0.2) is 0 Å². The molecule has 0 spiro atoms. The molecular formula is C13H17ClN2O3. The fourth-order valence-electron chi connectivity index (χ4n) is 1.48. The first kappa shape index (κ1) is 15.5. The number of esters is 1. The number of anilines is 1. The maximum absolute atomic E-state index is 11.8. The summed E-state index contributed by atoms with van der Waals surface area (Å²) < 4.78 is 4.57. The topological polar surface area (TPSA) is 58.6 Å². The van der Waals surface area contributed by atoms with Crippen molar-refractivity contribution in [2.75, 3.05) is 32.1 Å². The molecule has 6 heteroatoms. The molecule has 0 saturated heterocycles. The highest BCUT2D eigenvalue weighted by Gasteiger charge is 2.13. The lowest BCUT2D eigenvalue weighted by Crippen LogP contribution is -2.37. The van der Waals surface area contributed by atoms with Gasteiger partial charge in [0.05, 0.1) is 30.9 Å². The first-order valence-corrected chi connectivity index (χ1v) is 6.28. The smallest absolute Gasteiger partial charge is 0.319 e. The van der Waals surface area contributed by atoms with Gasteiger partial charge < -0.3 is 10.1 Å². The molecule has 0 atom stereocenters. The second-order valence-corrected chi connectivity index (χ2v) is 4.31. The average Bonchev–Trinajstić information content (AvgIpc) is 2.40. The van der Waals surface area contributed by atoms with Crippen molar-refractivity contribution in [2.24, 2.45) is 0 Å². The van der Waals surface area contributed by atoms with Crippen LogP contribution in [-0.2, 0) is 14.3 Å². The third-order valence-electron chi connectivity index (χ3n) is 2.54. The lowest BCUT2D eigenvalue weighted by atomic mass is 10.3. The highest BCUT2D eigenvalue weighted by molar-refractivity contribution is 6.33. The average molecular weight is 285 g/mol. The van der Waals surface area contributed by atoms with Gasteiger partial charge in [0.2, 0.25) is 5.91 Å². The predicted molar refractivity (Wildman–Crippen MR) is 74.2 cm³/mol. The standard InChI is InChI=1S/C13H17ClN2O3/c1-3-16(9-13(18)19-2)8-12(17)15-11-7-5-4-6-10(11)14/h4-7H,3,8-9H2,1-2H3,(H,15,17). The van der Waals surface area contributed by atoms with Crippen LogP contribution in [0, 0.1) is 0 Å². The molecule has 0 aliphatic rings. The minimum Gasteiger partial charge on any atom is -0.468 e. The van der Waals surface area contributed by atoms with Gasteiger partial charge in [0.25, 0.3) is 0 Å². The molecule has 0 saturated carbocycles. The zero-order valence-corrected chi connectivity index (χ0v) is 11.7. The summed E-state index contributed by atoms with van der Waals surface area (Å²) >= 11 is 5.94. The normalized spacial score (nSPS) is 10.3. The van der Waals surface area contributed by atoms with Crippen molar-refractivity contribution in [2.45, 2.75) is 6.92 Å². The third-order valence-corrected chi connectivity index (χ3v) is 2.87. The number of hydrogen-bond donors (Lipinski definition) is 1. The van der Waals surface area contributed by atoms with Crippen LogP contribution in [0.25, 0.3) is 0 Å². The number of nitrogens with zero attached hydrogens (tertiary/aromatic N) is 1. The Morgan fingerprint density at radius 2 is 2.00 bits per heavy atom. The van der Waals surface area contributed by atoms with Crippen molar-refractivity contribution >= 4 is 29.2 Å². The Morgan fingerprint density at radius 1 is 1.32 bits per heavy atom. The number of hydrogen-bond acceptors (Lipinski definition) is 4. The van der Waals surface area contributed by atoms with E-state index in [1.165, 1.54) is 7.11 Å². The number of carbonyl (C=O) groups excluding carboxylic acids is 2. The minimum absolute atomic E-state index is 0.0863. The van der Waals surface area contributed by atoms with Crippen LogP contribution in [0.3, 0.4) is 0 Å². The van der Waals surface area contributed by atoms with Gasteiger partial charge in [-0.05, 0) is 18.7 Å². The van der Waals surface area contributed by atoms with Crippen LogP contribution in [0.5, 0.6) is 0 Å². The number of amides is 1. The first-order valence-electron chi connectivity index (χ1n) is 5.90. The van der Waals surface area contributed by atoms with Crippen LogP contribution < -0.4 is 5.32 Å². The zero-order chi connectivity index (χ0) is 14.3. The van der Waals surface area contributed by atoms with E-state index in [1.807, 2.05) is 6.92 Å². The van der Waals surface area contributed by atoms with Crippen molar-refractivity contribution in [1.82, 2.24) is 4.90 Å². The largest absolute Gasteiger partial charge is 0.468 e. The molecule has 0 radical (unpaired) electrons. The number of para-hydroxylation sites is 1. The van der Waals surface area contributed by atoms with Crippen LogP contribution in [0.4, 0.5) is 5.69 Å². The van der Waals surface area contributed by atoms with E-state index >= 15 is 0 Å². The Labute approximate surface area is 117 Å². The lowest BCUT2D eigenvalue weighted by molar-refractivity contribution is -0.142. The molecule has 5 nitrogen and oxygen atoms in total. The summed E-state index contributed by atoms with van der Waals surface area (Å²) in [5.41, 5.74) is 0.559. The summed E-state index contributed by atoms with van der Waals surface area (Å²) in [5.74, 6) is -0.591. The third kappa shape index (κ3) is 5.28. The Bertz CT molecular complexity index is 451. The quantitative estimate of drug-likeness (QED) is 0.809. The molecule has 104 valence electrons. The van der Waals surface area contributed by atoms with Crippen molar-refractivity contribution in [1.29, 1.82) is 0 Å². The Hall–Kier alpha value is -1.59. The van der Waals surface area contributed by atoms with Crippen LogP contribution >= 0.6 is 11.6 Å². The highest BCUT2D eigenvalue weighted by atomic mass is 35.5. The van der Waals surface area contributed by atoms with E-state index in [-0.39, 0.29) is 25.0 Å². The number of nitrogens with one attached hydrogen (secondary N) is 1. The van der Waals surface area contributed by atoms with Gasteiger partial charge in [-0.1, -0.05) is 30.7 Å². The summed E-state index contributed by atoms with van der Waals surface area (Å²) in [4.78, 5) is 24.7. The summed E-state index contributed by atoms with van der Waals surface area (Å²) in [6, 6.07) is 6.99. The van der Waals surface area contributed by atoms with Crippen molar-refractivity contribution in [3.63, 3.8) is 0 Å². The molecule has 1 aromatic carbocycles. The van der Waals surface area contributed by atoms with Crippen molar-refractivity contribution < 1.29 is 14.3 Å². The van der Waals surface area contributed by atoms with E-state index in [9.17, 15) is 9.59 Å². The van der Waals surface area contributed by atoms with Gasteiger partial charge in [0.1, 0.15) is 0 Å². The van der Waals surface area contributed by atoms with Gasteiger partial charge in [-0.3, -0.25) is 14.5 Å². The molecular weight excluding hydrogens is 268 g/mol. The van der Waals surface area contributed by atoms with E-state index in [0.29, 0.717) is 17.3 Å². The predicted octanol–water partition coefficient (Wildman–Crippen LogP) is 1.77. The van der Waals surface area contributed by atoms with E-state index < -0.39 is 0 Å². The Morgan fingerprint density at radius 3 is 2.58 bits per heavy atom. The molecule has 0 fully saturated rings. The van der Waals surface area contributed by atoms with Crippen LogP contribution in [0.1, 0.15) is 6.92 Å². The number of carbonyl (C=O) groups is 2. The zero-order valence-electron chi connectivity index (χ0n) is 11.0. The van der Waals surface area contributed by atoms with Gasteiger partial charge in [-0.15, -0.1) is 0 Å². The number of halogens is 1. The van der Waals surface area contributed by atoms with E-state index in [0.717, 1.165) is 0 Å². The number of ether oxygens (including phenoxy) is 1. The number of rotatable bonds is 6. The molecule has 1 amide bonds. The summed E-state index contributed by atoms with van der Waals surface area (Å²) in [7, 11) is 1.32. The monoisotopic (exact) mass is 284 g/mol. The lowest BCUT2D eigenvalue weighted by Gasteiger charge is -2.18.